The highest BCUT2D eigenvalue weighted by Crippen LogP contribution is 2.17. The maximum Gasteiger partial charge on any atom is 0.125 e. The first kappa shape index (κ1) is 12.1. The number of nitrogens with zero attached hydrogens (tertiary/aromatic N) is 1. The molecule has 0 spiro atoms. The largest absolute Gasteiger partial charge is 0.384 e. The van der Waals surface area contributed by atoms with Crippen LogP contribution in [0, 0.1) is 0 Å². The third-order valence-corrected chi connectivity index (χ3v) is 2.86. The van der Waals surface area contributed by atoms with E-state index in [2.05, 4.69) is 31.0 Å². The Balaban J connectivity index is 2.70. The molecule has 3 heteroatoms. The molecule has 15 heavy (non-hydrogen) atoms. The number of hydrogen-bond donors (Lipinski definition) is 1. The number of hydrogen-bond acceptors (Lipinski definition) is 2. The molecule has 1 aromatic rings. The van der Waals surface area contributed by atoms with E-state index in [1.165, 1.54) is 4.90 Å². The molecule has 0 heterocycles. The number of rotatable bonds is 5. The predicted molar refractivity (Wildman–Crippen MR) is 68.7 cm³/mol. The summed E-state index contributed by atoms with van der Waals surface area (Å²) in [4.78, 5) is 5.56. The molecule has 0 fully saturated rings. The average molecular weight is 222 g/mol. The molecule has 0 aliphatic heterocycles. The average Bonchev–Trinajstić information content (AvgIpc) is 2.27. The third-order valence-electron chi connectivity index (χ3n) is 1.97. The zero-order chi connectivity index (χ0) is 11.1. The third kappa shape index (κ3) is 3.96. The van der Waals surface area contributed by atoms with Crippen LogP contribution in [0.2, 0.25) is 0 Å². The zero-order valence-electron chi connectivity index (χ0n) is 9.36. The number of nitrogens with two attached hydrogens (primary N) is 1. The molecule has 0 bridgehead atoms. The summed E-state index contributed by atoms with van der Waals surface area (Å²) in [6, 6.07) is 8.26. The summed E-state index contributed by atoms with van der Waals surface area (Å²) in [5, 5.41) is 0. The highest BCUT2D eigenvalue weighted by molar-refractivity contribution is 7.99. The van der Waals surface area contributed by atoms with Crippen LogP contribution in [0.25, 0.3) is 0 Å². The minimum absolute atomic E-state index is 0.643. The number of aliphatic imine (C=N–C) groups is 1. The zero-order valence-corrected chi connectivity index (χ0v) is 10.2. The van der Waals surface area contributed by atoms with Gasteiger partial charge >= 0.3 is 0 Å². The second-order valence-electron chi connectivity index (χ2n) is 3.22. The van der Waals surface area contributed by atoms with Gasteiger partial charge in [-0.2, -0.15) is 0 Å². The lowest BCUT2D eigenvalue weighted by molar-refractivity contribution is 0.930. The van der Waals surface area contributed by atoms with E-state index in [0.717, 1.165) is 24.3 Å². The first-order valence-electron chi connectivity index (χ1n) is 5.31. The number of thioether (sulfide) groups is 1. The van der Waals surface area contributed by atoms with Gasteiger partial charge in [-0.3, -0.25) is 4.99 Å². The second kappa shape index (κ2) is 6.51. The van der Waals surface area contributed by atoms with E-state index in [1.54, 1.807) is 0 Å². The van der Waals surface area contributed by atoms with Gasteiger partial charge in [-0.1, -0.05) is 26.0 Å². The minimum atomic E-state index is 0.643. The van der Waals surface area contributed by atoms with Crippen molar-refractivity contribution in [2.24, 2.45) is 10.7 Å². The van der Waals surface area contributed by atoms with Gasteiger partial charge in [0.1, 0.15) is 5.84 Å². The van der Waals surface area contributed by atoms with Crippen molar-refractivity contribution in [3.05, 3.63) is 29.8 Å². The molecular formula is C12H18N2S. The molecule has 1 aromatic carbocycles. The lowest BCUT2D eigenvalue weighted by atomic mass is 10.2. The molecule has 0 unspecified atom stereocenters. The van der Waals surface area contributed by atoms with Gasteiger partial charge in [0, 0.05) is 17.0 Å². The van der Waals surface area contributed by atoms with Crippen molar-refractivity contribution in [2.75, 3.05) is 12.3 Å². The van der Waals surface area contributed by atoms with Crippen molar-refractivity contribution < 1.29 is 0 Å². The normalized spacial score (nSPS) is 11.7. The Labute approximate surface area is 96.0 Å². The van der Waals surface area contributed by atoms with Gasteiger partial charge in [-0.05, 0) is 24.3 Å². The SMILES string of the molecule is CCCN=C(N)c1ccc(SCC)cc1. The molecule has 82 valence electrons. The molecule has 0 amide bonds. The molecule has 2 N–H and O–H groups in total. The lowest BCUT2D eigenvalue weighted by Gasteiger charge is -2.02. The van der Waals surface area contributed by atoms with Gasteiger partial charge in [-0.25, -0.2) is 0 Å². The highest BCUT2D eigenvalue weighted by atomic mass is 32.2. The van der Waals surface area contributed by atoms with Crippen molar-refractivity contribution in [2.45, 2.75) is 25.2 Å². The topological polar surface area (TPSA) is 38.4 Å². The van der Waals surface area contributed by atoms with Crippen LogP contribution in [-0.4, -0.2) is 18.1 Å². The minimum Gasteiger partial charge on any atom is -0.384 e. The quantitative estimate of drug-likeness (QED) is 0.472. The van der Waals surface area contributed by atoms with Crippen molar-refractivity contribution in [3.63, 3.8) is 0 Å². The van der Waals surface area contributed by atoms with Crippen LogP contribution in [0.1, 0.15) is 25.8 Å². The summed E-state index contributed by atoms with van der Waals surface area (Å²) >= 11 is 1.83. The van der Waals surface area contributed by atoms with Crippen molar-refractivity contribution >= 4 is 17.6 Å². The Hall–Kier alpha value is -0.960. The predicted octanol–water partition coefficient (Wildman–Crippen LogP) is 2.91. The van der Waals surface area contributed by atoms with Gasteiger partial charge in [0.25, 0.3) is 0 Å². The first-order chi connectivity index (χ1) is 7.27. The van der Waals surface area contributed by atoms with Crippen molar-refractivity contribution in [1.82, 2.24) is 0 Å². The molecule has 0 aliphatic rings. The van der Waals surface area contributed by atoms with Crippen LogP contribution >= 0.6 is 11.8 Å². The summed E-state index contributed by atoms with van der Waals surface area (Å²) < 4.78 is 0. The monoisotopic (exact) mass is 222 g/mol. The fourth-order valence-electron chi connectivity index (χ4n) is 1.21. The number of amidine groups is 1. The van der Waals surface area contributed by atoms with Crippen LogP contribution in [0.5, 0.6) is 0 Å². The summed E-state index contributed by atoms with van der Waals surface area (Å²) in [7, 11) is 0. The van der Waals surface area contributed by atoms with Gasteiger partial charge in [-0.15, -0.1) is 11.8 Å². The van der Waals surface area contributed by atoms with Crippen LogP contribution in [0.15, 0.2) is 34.2 Å². The lowest BCUT2D eigenvalue weighted by Crippen LogP contribution is -2.13. The Morgan fingerprint density at radius 3 is 2.47 bits per heavy atom. The van der Waals surface area contributed by atoms with Gasteiger partial charge in [0.15, 0.2) is 0 Å². The van der Waals surface area contributed by atoms with Crippen molar-refractivity contribution in [1.29, 1.82) is 0 Å². The van der Waals surface area contributed by atoms with Crippen molar-refractivity contribution in [3.8, 4) is 0 Å². The molecule has 2 nitrogen and oxygen atoms in total. The van der Waals surface area contributed by atoms with Crippen LogP contribution in [-0.2, 0) is 0 Å². The van der Waals surface area contributed by atoms with Crippen LogP contribution in [0.4, 0.5) is 0 Å². The summed E-state index contributed by atoms with van der Waals surface area (Å²) in [6.07, 6.45) is 1.03. The molecule has 0 atom stereocenters. The molecular weight excluding hydrogens is 204 g/mol. The molecule has 0 saturated carbocycles. The Morgan fingerprint density at radius 2 is 1.93 bits per heavy atom. The maximum atomic E-state index is 5.85. The summed E-state index contributed by atoms with van der Waals surface area (Å²) in [6.45, 7) is 5.05. The Morgan fingerprint density at radius 1 is 1.27 bits per heavy atom. The molecule has 0 aromatic heterocycles. The van der Waals surface area contributed by atoms with E-state index >= 15 is 0 Å². The molecule has 0 saturated heterocycles. The first-order valence-corrected chi connectivity index (χ1v) is 6.29. The fourth-order valence-corrected chi connectivity index (χ4v) is 1.87. The van der Waals surface area contributed by atoms with E-state index in [1.807, 2.05) is 23.9 Å². The van der Waals surface area contributed by atoms with Crippen LogP contribution < -0.4 is 5.73 Å². The second-order valence-corrected chi connectivity index (χ2v) is 4.56. The molecule has 0 aliphatic carbocycles. The maximum absolute atomic E-state index is 5.85. The highest BCUT2D eigenvalue weighted by Gasteiger charge is 1.98. The Bertz CT molecular complexity index is 317. The fraction of sp³-hybridized carbons (Fsp3) is 0.417. The van der Waals surface area contributed by atoms with E-state index < -0.39 is 0 Å². The summed E-state index contributed by atoms with van der Waals surface area (Å²) in [5.41, 5.74) is 6.87. The molecule has 1 rings (SSSR count). The van der Waals surface area contributed by atoms with Gasteiger partial charge < -0.3 is 5.73 Å². The van der Waals surface area contributed by atoms with Gasteiger partial charge in [0.05, 0.1) is 0 Å². The van der Waals surface area contributed by atoms with Gasteiger partial charge in [0.2, 0.25) is 0 Å². The number of benzene rings is 1. The molecule has 0 radical (unpaired) electrons. The van der Waals surface area contributed by atoms with Crippen LogP contribution in [0.3, 0.4) is 0 Å². The van der Waals surface area contributed by atoms with E-state index in [4.69, 9.17) is 5.73 Å². The standard InChI is InChI=1S/C12H18N2S/c1-3-9-14-12(13)10-5-7-11(8-6-10)15-4-2/h5-8H,3-4,9H2,1-2H3,(H2,13,14). The Kier molecular flexibility index (Phi) is 5.26. The van der Waals surface area contributed by atoms with E-state index in [9.17, 15) is 0 Å². The summed E-state index contributed by atoms with van der Waals surface area (Å²) in [5.74, 6) is 1.74. The van der Waals surface area contributed by atoms with E-state index in [0.29, 0.717) is 5.84 Å². The van der Waals surface area contributed by atoms with E-state index in [-0.39, 0.29) is 0 Å². The smallest absolute Gasteiger partial charge is 0.125 e.